The zero-order valence-corrected chi connectivity index (χ0v) is 33.2. The van der Waals surface area contributed by atoms with Gasteiger partial charge in [0.2, 0.25) is 0 Å². The number of nitrogens with zero attached hydrogens (tertiary/aromatic N) is 2. The van der Waals surface area contributed by atoms with Gasteiger partial charge in [-0.05, 0) is 83.3 Å². The van der Waals surface area contributed by atoms with Crippen LogP contribution in [0.1, 0.15) is 12.0 Å². The molecule has 0 bridgehead atoms. The largest absolute Gasteiger partial charge is 0.333 e. The number of fused-ring (bicyclic) bond motifs is 9. The van der Waals surface area contributed by atoms with E-state index in [1.54, 1.807) is 0 Å². The van der Waals surface area contributed by atoms with Gasteiger partial charge in [-0.15, -0.1) is 22.7 Å². The van der Waals surface area contributed by atoms with Gasteiger partial charge in [-0.2, -0.15) is 0 Å². The molecule has 12 rings (SSSR count). The molecule has 2 nitrogen and oxygen atoms in total. The summed E-state index contributed by atoms with van der Waals surface area (Å²) in [6.45, 7) is 0. The van der Waals surface area contributed by atoms with E-state index < -0.39 is 0 Å². The summed E-state index contributed by atoms with van der Waals surface area (Å²) >= 11 is 3.78. The summed E-state index contributed by atoms with van der Waals surface area (Å²) in [5.74, 6) is 0. The van der Waals surface area contributed by atoms with Crippen LogP contribution < -0.4 is 4.90 Å². The highest BCUT2D eigenvalue weighted by atomic mass is 32.1. The van der Waals surface area contributed by atoms with Crippen molar-refractivity contribution < 1.29 is 0 Å². The van der Waals surface area contributed by atoms with Gasteiger partial charge < -0.3 is 9.47 Å². The van der Waals surface area contributed by atoms with Crippen molar-refractivity contribution in [2.45, 2.75) is 12.5 Å². The fraction of sp³-hybridized carbons (Fsp3) is 0.0370. The van der Waals surface area contributed by atoms with Crippen LogP contribution >= 0.6 is 22.7 Å². The molecule has 58 heavy (non-hydrogen) atoms. The van der Waals surface area contributed by atoms with Crippen molar-refractivity contribution in [3.63, 3.8) is 0 Å². The molecule has 1 aliphatic carbocycles. The lowest BCUT2D eigenvalue weighted by Gasteiger charge is -2.33. The summed E-state index contributed by atoms with van der Waals surface area (Å²) in [4.78, 5) is 2.56. The van der Waals surface area contributed by atoms with Crippen LogP contribution in [0.4, 0.5) is 11.4 Å². The monoisotopic (exact) mass is 776 g/mol. The number of benzene rings is 8. The molecule has 0 spiro atoms. The van der Waals surface area contributed by atoms with E-state index in [2.05, 4.69) is 210 Å². The van der Waals surface area contributed by atoms with Crippen LogP contribution in [0.3, 0.4) is 0 Å². The van der Waals surface area contributed by atoms with Gasteiger partial charge >= 0.3 is 0 Å². The highest BCUT2D eigenvalue weighted by Crippen LogP contribution is 2.45. The SMILES string of the molecule is C1=CC(N(c2ccc(-c3ccc4c(c3)c3ccccc3n4-c3cccc4c3sc3ccccc34)cc2)c2cccc3c2sc2ccccc23)CC=C1c1ccccc1. The fourth-order valence-electron chi connectivity index (χ4n) is 9.21. The molecular formula is C54H36N2S2. The number of rotatable bonds is 6. The maximum absolute atomic E-state index is 2.56. The Hall–Kier alpha value is -6.72. The molecule has 3 heterocycles. The van der Waals surface area contributed by atoms with E-state index in [9.17, 15) is 0 Å². The average molecular weight is 777 g/mol. The van der Waals surface area contributed by atoms with Crippen LogP contribution in [0.25, 0.3) is 84.5 Å². The van der Waals surface area contributed by atoms with Crippen LogP contribution in [0, 0.1) is 0 Å². The highest BCUT2D eigenvalue weighted by molar-refractivity contribution is 7.26. The summed E-state index contributed by atoms with van der Waals surface area (Å²) in [6.07, 6.45) is 8.02. The van der Waals surface area contributed by atoms with E-state index >= 15 is 0 Å². The molecule has 0 N–H and O–H groups in total. The minimum absolute atomic E-state index is 0.169. The summed E-state index contributed by atoms with van der Waals surface area (Å²) < 4.78 is 7.76. The standard InChI is InChI=1S/C54H36N2S2/c1-2-12-35(13-3-1)36-24-29-39(30-25-36)55(49-20-10-17-44-42-15-5-8-22-51(42)57-53(44)49)40-31-26-37(27-32-40)38-28-33-48-46(34-38)41-14-4-7-19-47(41)56(48)50-21-11-18-45-43-16-6-9-23-52(43)58-54(45)50/h1-29,31-34,39H,30H2. The molecule has 0 radical (unpaired) electrons. The predicted molar refractivity (Wildman–Crippen MR) is 253 cm³/mol. The van der Waals surface area contributed by atoms with Crippen LogP contribution in [-0.4, -0.2) is 10.6 Å². The van der Waals surface area contributed by atoms with E-state index in [1.165, 1.54) is 101 Å². The molecule has 0 aliphatic heterocycles. The Morgan fingerprint density at radius 3 is 1.84 bits per heavy atom. The lowest BCUT2D eigenvalue weighted by atomic mass is 9.95. The molecule has 0 saturated heterocycles. The van der Waals surface area contributed by atoms with Gasteiger partial charge in [0, 0.05) is 47.4 Å². The van der Waals surface area contributed by atoms with Crippen molar-refractivity contribution in [1.29, 1.82) is 0 Å². The average Bonchev–Trinajstić information content (AvgIpc) is 3.97. The predicted octanol–water partition coefficient (Wildman–Crippen LogP) is 15.7. The highest BCUT2D eigenvalue weighted by Gasteiger charge is 2.24. The van der Waals surface area contributed by atoms with Crippen LogP contribution in [0.15, 0.2) is 200 Å². The summed E-state index contributed by atoms with van der Waals surface area (Å²) in [6, 6.07) is 67.2. The topological polar surface area (TPSA) is 8.17 Å². The second kappa shape index (κ2) is 13.5. The normalized spacial score (nSPS) is 14.3. The first-order valence-corrected chi connectivity index (χ1v) is 21.6. The first kappa shape index (κ1) is 33.4. The third-order valence-corrected chi connectivity index (χ3v) is 14.4. The van der Waals surface area contributed by atoms with Crippen molar-refractivity contribution in [2.75, 3.05) is 4.90 Å². The van der Waals surface area contributed by atoms with Crippen LogP contribution in [0.5, 0.6) is 0 Å². The fourth-order valence-corrected chi connectivity index (χ4v) is 11.6. The second-order valence-corrected chi connectivity index (χ2v) is 17.3. The quantitative estimate of drug-likeness (QED) is 0.163. The zero-order valence-electron chi connectivity index (χ0n) is 31.5. The van der Waals surface area contributed by atoms with Crippen molar-refractivity contribution >= 4 is 102 Å². The maximum Gasteiger partial charge on any atom is 0.0640 e. The first-order valence-electron chi connectivity index (χ1n) is 19.9. The Kier molecular flexibility index (Phi) is 7.75. The summed E-state index contributed by atoms with van der Waals surface area (Å²) in [5, 5.41) is 7.81. The molecule has 4 heteroatoms. The van der Waals surface area contributed by atoms with Crippen LogP contribution in [-0.2, 0) is 0 Å². The van der Waals surface area contributed by atoms with Crippen molar-refractivity contribution in [2.24, 2.45) is 0 Å². The smallest absolute Gasteiger partial charge is 0.0640 e. The molecule has 1 unspecified atom stereocenters. The number of hydrogen-bond donors (Lipinski definition) is 0. The third-order valence-electron chi connectivity index (χ3n) is 11.9. The van der Waals surface area contributed by atoms with E-state index in [0.29, 0.717) is 0 Å². The molecule has 1 aliphatic rings. The number of para-hydroxylation sites is 1. The number of allylic oxidation sites excluding steroid dienone is 2. The second-order valence-electron chi connectivity index (χ2n) is 15.2. The van der Waals surface area contributed by atoms with Crippen molar-refractivity contribution in [3.8, 4) is 16.8 Å². The van der Waals surface area contributed by atoms with E-state index in [4.69, 9.17) is 0 Å². The molecule has 11 aromatic rings. The van der Waals surface area contributed by atoms with E-state index in [1.807, 2.05) is 22.7 Å². The van der Waals surface area contributed by atoms with Crippen molar-refractivity contribution in [3.05, 3.63) is 206 Å². The molecule has 8 aromatic carbocycles. The Bertz CT molecular complexity index is 3430. The number of aromatic nitrogens is 1. The molecule has 0 amide bonds. The number of anilines is 2. The van der Waals surface area contributed by atoms with E-state index in [0.717, 1.165) is 6.42 Å². The third kappa shape index (κ3) is 5.30. The minimum atomic E-state index is 0.169. The van der Waals surface area contributed by atoms with Crippen molar-refractivity contribution in [1.82, 2.24) is 4.57 Å². The Labute approximate surface area is 344 Å². The van der Waals surface area contributed by atoms with Gasteiger partial charge in [0.25, 0.3) is 0 Å². The summed E-state index contributed by atoms with van der Waals surface area (Å²) in [7, 11) is 0. The van der Waals surface area contributed by atoms with Gasteiger partial charge in [-0.3, -0.25) is 0 Å². The lowest BCUT2D eigenvalue weighted by Crippen LogP contribution is -2.30. The lowest BCUT2D eigenvalue weighted by molar-refractivity contribution is 0.790. The molecule has 274 valence electrons. The van der Waals surface area contributed by atoms with Gasteiger partial charge in [0.1, 0.15) is 0 Å². The Balaban J connectivity index is 0.961. The van der Waals surface area contributed by atoms with Gasteiger partial charge in [0.15, 0.2) is 0 Å². The Morgan fingerprint density at radius 2 is 1.09 bits per heavy atom. The van der Waals surface area contributed by atoms with E-state index in [-0.39, 0.29) is 6.04 Å². The molecule has 0 saturated carbocycles. The Morgan fingerprint density at radius 1 is 0.466 bits per heavy atom. The number of thiophene rings is 2. The van der Waals surface area contributed by atoms with Gasteiger partial charge in [0.05, 0.1) is 37.8 Å². The van der Waals surface area contributed by atoms with Gasteiger partial charge in [-0.25, -0.2) is 0 Å². The molecular weight excluding hydrogens is 741 g/mol. The number of hydrogen-bond acceptors (Lipinski definition) is 3. The molecule has 3 aromatic heterocycles. The van der Waals surface area contributed by atoms with Crippen LogP contribution in [0.2, 0.25) is 0 Å². The zero-order chi connectivity index (χ0) is 38.2. The molecule has 1 atom stereocenters. The minimum Gasteiger partial charge on any atom is -0.333 e. The van der Waals surface area contributed by atoms with Gasteiger partial charge in [-0.1, -0.05) is 146 Å². The first-order chi connectivity index (χ1) is 28.8. The summed E-state index contributed by atoms with van der Waals surface area (Å²) in [5.41, 5.74) is 11.1. The maximum atomic E-state index is 2.56. The molecule has 0 fully saturated rings.